The number of hydrogen-bond acceptors (Lipinski definition) is 8. The molecule has 2 heterocycles. The number of nitrogens with two attached hydrogens (primary N) is 1. The third-order valence-corrected chi connectivity index (χ3v) is 6.69. The van der Waals surface area contributed by atoms with Gasteiger partial charge in [-0.2, -0.15) is 10.5 Å². The van der Waals surface area contributed by atoms with E-state index in [-0.39, 0.29) is 12.5 Å². The highest BCUT2D eigenvalue weighted by Gasteiger charge is 2.24. The molecule has 0 bridgehead atoms. The molecule has 1 aromatic heterocycles. The summed E-state index contributed by atoms with van der Waals surface area (Å²) in [4.78, 5) is 20.8. The first-order valence-electron chi connectivity index (χ1n) is 11.0. The van der Waals surface area contributed by atoms with Gasteiger partial charge in [0.2, 0.25) is 5.91 Å². The third-order valence-electron chi connectivity index (χ3n) is 5.64. The van der Waals surface area contributed by atoms with E-state index < -0.39 is 0 Å². The molecule has 9 heteroatoms. The zero-order valence-corrected chi connectivity index (χ0v) is 19.9. The Morgan fingerprint density at radius 2 is 1.88 bits per heavy atom. The fourth-order valence-corrected chi connectivity index (χ4v) is 4.78. The van der Waals surface area contributed by atoms with Crippen LogP contribution >= 0.6 is 11.8 Å². The molecule has 33 heavy (non-hydrogen) atoms. The lowest BCUT2D eigenvalue weighted by atomic mass is 10.0. The maximum absolute atomic E-state index is 11.5. The van der Waals surface area contributed by atoms with Crippen molar-refractivity contribution < 1.29 is 4.79 Å². The van der Waals surface area contributed by atoms with Gasteiger partial charge in [-0.1, -0.05) is 19.1 Å². The van der Waals surface area contributed by atoms with Crippen LogP contribution < -0.4 is 16.0 Å². The molecule has 0 radical (unpaired) electrons. The highest BCUT2D eigenvalue weighted by molar-refractivity contribution is 7.98. The molecule has 1 fully saturated rings. The number of thioether (sulfide) groups is 1. The van der Waals surface area contributed by atoms with Crippen molar-refractivity contribution in [1.82, 2.24) is 9.88 Å². The van der Waals surface area contributed by atoms with E-state index in [1.165, 1.54) is 11.8 Å². The van der Waals surface area contributed by atoms with Crippen LogP contribution in [-0.2, 0) is 17.0 Å². The average molecular weight is 464 g/mol. The molecule has 1 aliphatic rings. The summed E-state index contributed by atoms with van der Waals surface area (Å²) in [5.41, 5.74) is 8.84. The normalized spacial score (nSPS) is 14.3. The summed E-state index contributed by atoms with van der Waals surface area (Å²) < 4.78 is 0. The average Bonchev–Trinajstić information content (AvgIpc) is 3.06. The largest absolute Gasteiger partial charge is 0.354 e. The van der Waals surface area contributed by atoms with Crippen molar-refractivity contribution in [2.75, 3.05) is 50.0 Å². The summed E-state index contributed by atoms with van der Waals surface area (Å²) in [6.07, 6.45) is 1.60. The number of aromatic nitrogens is 1. The lowest BCUT2D eigenvalue weighted by molar-refractivity contribution is -0.114. The van der Waals surface area contributed by atoms with Crippen LogP contribution in [0.2, 0.25) is 0 Å². The van der Waals surface area contributed by atoms with Crippen molar-refractivity contribution in [1.29, 1.82) is 10.5 Å². The molecule has 3 rings (SSSR count). The highest BCUT2D eigenvalue weighted by Crippen LogP contribution is 2.34. The standard InChI is InChI=1S/C24H29N7OS/c1-3-19-20(13-25)23(31-10-4-9-30(2)11-12-31)29-24(21(19)14-26)33-16-17-5-7-18(8-6-17)28-22(32)15-27/h5-8H,3-4,9-12,15-16,27H2,1-2H3,(H,28,32). The van der Waals surface area contributed by atoms with E-state index in [2.05, 4.69) is 34.3 Å². The zero-order valence-electron chi connectivity index (χ0n) is 19.1. The quantitative estimate of drug-likeness (QED) is 0.601. The molecule has 0 aliphatic carbocycles. The van der Waals surface area contributed by atoms with E-state index in [9.17, 15) is 15.3 Å². The first kappa shape index (κ1) is 24.5. The Balaban J connectivity index is 1.88. The predicted octanol–water partition coefficient (Wildman–Crippen LogP) is 2.72. The van der Waals surface area contributed by atoms with Crippen molar-refractivity contribution >= 4 is 29.2 Å². The Morgan fingerprint density at radius 3 is 2.52 bits per heavy atom. The number of likely N-dealkylation sites (N-methyl/N-ethyl adjacent to an activating group) is 1. The van der Waals surface area contributed by atoms with Gasteiger partial charge in [0, 0.05) is 31.1 Å². The van der Waals surface area contributed by atoms with E-state index in [4.69, 9.17) is 10.7 Å². The van der Waals surface area contributed by atoms with E-state index in [0.717, 1.165) is 43.7 Å². The Kier molecular flexibility index (Phi) is 8.67. The van der Waals surface area contributed by atoms with Crippen LogP contribution in [0.1, 0.15) is 35.6 Å². The minimum Gasteiger partial charge on any atom is -0.354 e. The maximum Gasteiger partial charge on any atom is 0.238 e. The van der Waals surface area contributed by atoms with Crippen LogP contribution in [0.4, 0.5) is 11.5 Å². The van der Waals surface area contributed by atoms with Crippen LogP contribution in [0.15, 0.2) is 29.3 Å². The number of carbonyl (C=O) groups excluding carboxylic acids is 1. The Morgan fingerprint density at radius 1 is 1.15 bits per heavy atom. The molecule has 0 atom stereocenters. The Bertz CT molecular complexity index is 1070. The second-order valence-electron chi connectivity index (χ2n) is 7.93. The molecule has 172 valence electrons. The molecular weight excluding hydrogens is 434 g/mol. The van der Waals surface area contributed by atoms with Crippen LogP contribution in [0, 0.1) is 22.7 Å². The molecule has 8 nitrogen and oxygen atoms in total. The molecule has 2 aromatic rings. The number of benzene rings is 1. The monoisotopic (exact) mass is 463 g/mol. The number of anilines is 2. The van der Waals surface area contributed by atoms with Crippen molar-refractivity contribution in [3.8, 4) is 12.1 Å². The SMILES string of the molecule is CCc1c(C#N)c(SCc2ccc(NC(=O)CN)cc2)nc(N2CCCN(C)CC2)c1C#N. The van der Waals surface area contributed by atoms with Crippen molar-refractivity contribution in [2.24, 2.45) is 5.73 Å². The number of carbonyl (C=O) groups is 1. The summed E-state index contributed by atoms with van der Waals surface area (Å²) in [6.45, 7) is 5.46. The molecule has 1 aromatic carbocycles. The number of nitrogens with one attached hydrogen (secondary N) is 1. The third kappa shape index (κ3) is 6.02. The maximum atomic E-state index is 11.5. The van der Waals surface area contributed by atoms with Crippen molar-refractivity contribution in [2.45, 2.75) is 30.5 Å². The summed E-state index contributed by atoms with van der Waals surface area (Å²) in [5, 5.41) is 23.2. The van der Waals surface area contributed by atoms with Crippen LogP contribution in [0.5, 0.6) is 0 Å². The van der Waals surface area contributed by atoms with Gasteiger partial charge in [-0.25, -0.2) is 4.98 Å². The zero-order chi connectivity index (χ0) is 23.8. The number of rotatable bonds is 7. The second-order valence-corrected chi connectivity index (χ2v) is 8.89. The lowest BCUT2D eigenvalue weighted by Gasteiger charge is -2.25. The smallest absolute Gasteiger partial charge is 0.238 e. The number of pyridine rings is 1. The second kappa shape index (κ2) is 11.7. The van der Waals surface area contributed by atoms with Gasteiger partial charge in [-0.15, -0.1) is 11.8 Å². The Hall–Kier alpha value is -3.11. The van der Waals surface area contributed by atoms with E-state index in [1.54, 1.807) is 0 Å². The fourth-order valence-electron chi connectivity index (χ4n) is 3.82. The Labute approximate surface area is 199 Å². The summed E-state index contributed by atoms with van der Waals surface area (Å²) in [6, 6.07) is 12.1. The lowest BCUT2D eigenvalue weighted by Crippen LogP contribution is -2.30. The van der Waals surface area contributed by atoms with Crippen LogP contribution in [-0.4, -0.2) is 55.6 Å². The van der Waals surface area contributed by atoms with Crippen molar-refractivity contribution in [3.63, 3.8) is 0 Å². The molecular formula is C24H29N7OS. The summed E-state index contributed by atoms with van der Waals surface area (Å²) in [5.74, 6) is 1.06. The first-order chi connectivity index (χ1) is 16.0. The topological polar surface area (TPSA) is 122 Å². The van der Waals surface area contributed by atoms with Crippen molar-refractivity contribution in [3.05, 3.63) is 46.5 Å². The minimum absolute atomic E-state index is 0.0612. The van der Waals surface area contributed by atoms with Gasteiger partial charge >= 0.3 is 0 Å². The molecule has 1 saturated heterocycles. The van der Waals surface area contributed by atoms with Gasteiger partial charge in [0.15, 0.2) is 0 Å². The van der Waals surface area contributed by atoms with Gasteiger partial charge < -0.3 is 20.9 Å². The van der Waals surface area contributed by atoms with E-state index in [1.807, 2.05) is 31.2 Å². The van der Waals surface area contributed by atoms with Gasteiger partial charge in [-0.05, 0) is 49.7 Å². The van der Waals surface area contributed by atoms with Crippen LogP contribution in [0.25, 0.3) is 0 Å². The van der Waals surface area contributed by atoms with Gasteiger partial charge in [0.1, 0.15) is 23.0 Å². The van der Waals surface area contributed by atoms with E-state index in [0.29, 0.717) is 39.8 Å². The molecule has 0 spiro atoms. The van der Waals surface area contributed by atoms with Gasteiger partial charge in [0.05, 0.1) is 17.7 Å². The minimum atomic E-state index is -0.239. The molecule has 1 aliphatic heterocycles. The predicted molar refractivity (Wildman–Crippen MR) is 131 cm³/mol. The number of nitrogens with zero attached hydrogens (tertiary/aromatic N) is 5. The number of hydrogen-bond donors (Lipinski definition) is 2. The van der Waals surface area contributed by atoms with Crippen LogP contribution in [0.3, 0.4) is 0 Å². The van der Waals surface area contributed by atoms with Gasteiger partial charge in [0.25, 0.3) is 0 Å². The summed E-state index contributed by atoms with van der Waals surface area (Å²) in [7, 11) is 2.10. The molecule has 0 saturated carbocycles. The van der Waals surface area contributed by atoms with Gasteiger partial charge in [-0.3, -0.25) is 4.79 Å². The molecule has 1 amide bonds. The fraction of sp³-hybridized carbons (Fsp3) is 0.417. The van der Waals surface area contributed by atoms with E-state index >= 15 is 0 Å². The molecule has 3 N–H and O–H groups in total. The summed E-state index contributed by atoms with van der Waals surface area (Å²) >= 11 is 1.49. The number of nitriles is 2. The molecule has 0 unspecified atom stereocenters. The highest BCUT2D eigenvalue weighted by atomic mass is 32.2. The first-order valence-corrected chi connectivity index (χ1v) is 12.0. The number of amides is 1.